The molecule has 3 nitrogen and oxygen atoms in total. The van der Waals surface area contributed by atoms with Crippen LogP contribution >= 0.6 is 0 Å². The lowest BCUT2D eigenvalue weighted by Gasteiger charge is -2.34. The lowest BCUT2D eigenvalue weighted by molar-refractivity contribution is -0.382. The van der Waals surface area contributed by atoms with Crippen molar-refractivity contribution in [3.8, 4) is 0 Å². The van der Waals surface area contributed by atoms with Gasteiger partial charge >= 0.3 is 23.3 Å². The van der Waals surface area contributed by atoms with Crippen LogP contribution in [0.15, 0.2) is 130 Å². The fraction of sp³-hybridized carbons (Fsp3) is 0.133. The Kier molecular flexibility index (Phi) is 9.02. The van der Waals surface area contributed by atoms with E-state index in [1.807, 2.05) is 0 Å². The summed E-state index contributed by atoms with van der Waals surface area (Å²) in [7, 11) is -7.58. The normalized spacial score (nSPS) is 13.2. The Morgan fingerprint density at radius 2 is 0.886 bits per heavy atom. The predicted molar refractivity (Wildman–Crippen MR) is 147 cm³/mol. The lowest BCUT2D eigenvalue weighted by atomic mass is 10.1. The minimum atomic E-state index is -7.43. The summed E-state index contributed by atoms with van der Waals surface area (Å²) < 4.78 is 135. The van der Waals surface area contributed by atoms with Crippen molar-refractivity contribution in [2.45, 2.75) is 38.0 Å². The third-order valence-corrected chi connectivity index (χ3v) is 9.57. The largest absolute Gasteiger partial charge is 0.743 e. The average Bonchev–Trinajstić information content (AvgIpc) is 2.97. The first kappa shape index (κ1) is 33.1. The molecule has 5 rings (SSSR count). The predicted octanol–water partition coefficient (Wildman–Crippen LogP) is 9.05. The number of halogens is 9. The van der Waals surface area contributed by atoms with E-state index in [9.17, 15) is 52.5 Å². The SMILES string of the molecule is O=S(=O)([O-])C(F)(F)C(F)(F)C(F)(F)C(F)(F)F.c1ccc([S+](c2cccc3ccccc23)c2cccc3ccccc23)cc1. The summed E-state index contributed by atoms with van der Waals surface area (Å²) in [5.41, 5.74) is 0. The molecule has 0 heterocycles. The average molecular weight is 663 g/mol. The summed E-state index contributed by atoms with van der Waals surface area (Å²) in [6, 6.07) is 41.7. The van der Waals surface area contributed by atoms with Crippen LogP contribution < -0.4 is 0 Å². The van der Waals surface area contributed by atoms with Crippen LogP contribution in [-0.4, -0.2) is 36.2 Å². The van der Waals surface area contributed by atoms with E-state index in [1.54, 1.807) is 0 Å². The van der Waals surface area contributed by atoms with Gasteiger partial charge in [0.25, 0.3) is 0 Å². The first-order valence-electron chi connectivity index (χ1n) is 12.3. The molecular formula is C30H19F9O3S2. The van der Waals surface area contributed by atoms with Gasteiger partial charge in [-0.05, 0) is 47.2 Å². The highest BCUT2D eigenvalue weighted by molar-refractivity contribution is 7.97. The topological polar surface area (TPSA) is 57.2 Å². The smallest absolute Gasteiger partial charge is 0.460 e. The Morgan fingerprint density at radius 1 is 0.500 bits per heavy atom. The van der Waals surface area contributed by atoms with Gasteiger partial charge in [-0.1, -0.05) is 78.9 Å². The summed E-state index contributed by atoms with van der Waals surface area (Å²) in [6.07, 6.45) is -7.16. The zero-order chi connectivity index (χ0) is 32.6. The highest BCUT2D eigenvalue weighted by Crippen LogP contribution is 2.54. The van der Waals surface area contributed by atoms with Gasteiger partial charge in [0.2, 0.25) is 0 Å². The zero-order valence-electron chi connectivity index (χ0n) is 21.9. The minimum Gasteiger partial charge on any atom is -0.743 e. The summed E-state index contributed by atoms with van der Waals surface area (Å²) in [5.74, 6) is -14.8. The first-order chi connectivity index (χ1) is 20.4. The highest BCUT2D eigenvalue weighted by Gasteiger charge is 2.83. The maximum absolute atomic E-state index is 12.2. The molecule has 0 radical (unpaired) electrons. The van der Waals surface area contributed by atoms with Gasteiger partial charge in [-0.25, -0.2) is 8.42 Å². The molecule has 0 saturated carbocycles. The maximum atomic E-state index is 12.2. The standard InChI is InChI=1S/C26H19S.C4HF9O3S/c1-2-14-22(15-3-1)27(25-18-8-12-20-10-4-6-16-23(20)25)26-19-9-13-21-11-5-7-17-24(21)26;5-1(6,3(9,10)11)2(7,8)4(12,13)17(14,15)16/h1-19H;(H,14,15,16)/q+1;/p-1. The van der Waals surface area contributed by atoms with Crippen LogP contribution in [0, 0.1) is 0 Å². The summed E-state index contributed by atoms with van der Waals surface area (Å²) in [4.78, 5) is 4.12. The van der Waals surface area contributed by atoms with Gasteiger partial charge in [0, 0.05) is 10.8 Å². The fourth-order valence-corrected chi connectivity index (χ4v) is 7.05. The van der Waals surface area contributed by atoms with Crippen LogP contribution in [0.3, 0.4) is 0 Å². The molecule has 0 unspecified atom stereocenters. The number of rotatable bonds is 6. The van der Waals surface area contributed by atoms with Gasteiger partial charge in [0.1, 0.15) is 10.9 Å². The van der Waals surface area contributed by atoms with Crippen molar-refractivity contribution in [3.63, 3.8) is 0 Å². The Labute approximate surface area is 248 Å². The monoisotopic (exact) mass is 662 g/mol. The number of fused-ring (bicyclic) bond motifs is 2. The summed E-state index contributed by atoms with van der Waals surface area (Å²) in [6.45, 7) is 0. The molecule has 0 aromatic heterocycles. The third-order valence-electron chi connectivity index (χ3n) is 6.35. The molecule has 232 valence electrons. The minimum absolute atomic E-state index is 0.164. The molecule has 0 N–H and O–H groups in total. The van der Waals surface area contributed by atoms with Gasteiger partial charge in [0.05, 0.1) is 0 Å². The van der Waals surface area contributed by atoms with E-state index < -0.39 is 33.4 Å². The third kappa shape index (κ3) is 5.97. The van der Waals surface area contributed by atoms with Gasteiger partial charge in [-0.3, -0.25) is 0 Å². The molecule has 5 aromatic carbocycles. The Balaban J connectivity index is 0.000000227. The second kappa shape index (κ2) is 12.0. The van der Waals surface area contributed by atoms with E-state index in [1.165, 1.54) is 36.2 Å². The number of benzene rings is 5. The molecule has 0 aliphatic carbocycles. The quantitative estimate of drug-likeness (QED) is 0.104. The zero-order valence-corrected chi connectivity index (χ0v) is 23.5. The Hall–Kier alpha value is -3.75. The maximum Gasteiger partial charge on any atom is 0.460 e. The summed E-state index contributed by atoms with van der Waals surface area (Å²) >= 11 is 0. The molecular weight excluding hydrogens is 643 g/mol. The molecule has 0 fully saturated rings. The number of hydrogen-bond donors (Lipinski definition) is 0. The van der Waals surface area contributed by atoms with Gasteiger partial charge in [-0.2, -0.15) is 39.5 Å². The second-order valence-corrected chi connectivity index (χ2v) is 12.6. The fourth-order valence-electron chi connectivity index (χ4n) is 4.19. The van der Waals surface area contributed by atoms with Crippen molar-refractivity contribution in [1.82, 2.24) is 0 Å². The summed E-state index contributed by atoms with van der Waals surface area (Å²) in [5, 5.41) is -1.86. The molecule has 0 atom stereocenters. The van der Waals surface area contributed by atoms with Crippen molar-refractivity contribution in [2.24, 2.45) is 0 Å². The van der Waals surface area contributed by atoms with Gasteiger partial charge in [-0.15, -0.1) is 0 Å². The van der Waals surface area contributed by atoms with E-state index in [0.717, 1.165) is 0 Å². The van der Waals surface area contributed by atoms with Crippen LogP contribution in [0.4, 0.5) is 39.5 Å². The van der Waals surface area contributed by atoms with E-state index in [2.05, 4.69) is 115 Å². The van der Waals surface area contributed by atoms with E-state index >= 15 is 0 Å². The van der Waals surface area contributed by atoms with Crippen molar-refractivity contribution in [1.29, 1.82) is 0 Å². The van der Waals surface area contributed by atoms with Gasteiger partial charge < -0.3 is 4.55 Å². The molecule has 0 aliphatic heterocycles. The molecule has 0 spiro atoms. The van der Waals surface area contributed by atoms with Crippen LogP contribution in [0.25, 0.3) is 21.5 Å². The first-order valence-corrected chi connectivity index (χ1v) is 15.0. The van der Waals surface area contributed by atoms with E-state index in [-0.39, 0.29) is 10.9 Å². The highest BCUT2D eigenvalue weighted by atomic mass is 32.2. The van der Waals surface area contributed by atoms with Crippen molar-refractivity contribution < 1.29 is 52.5 Å². The Morgan fingerprint density at radius 3 is 1.30 bits per heavy atom. The Bertz CT molecular complexity index is 1790. The molecule has 0 saturated heterocycles. The van der Waals surface area contributed by atoms with Gasteiger partial charge in [0.15, 0.2) is 24.8 Å². The van der Waals surface area contributed by atoms with Crippen molar-refractivity contribution >= 4 is 42.6 Å². The van der Waals surface area contributed by atoms with Crippen molar-refractivity contribution in [2.75, 3.05) is 0 Å². The molecule has 0 amide bonds. The molecule has 44 heavy (non-hydrogen) atoms. The number of alkyl halides is 9. The number of hydrogen-bond acceptors (Lipinski definition) is 3. The molecule has 0 aliphatic rings. The lowest BCUT2D eigenvalue weighted by Crippen LogP contribution is -2.63. The van der Waals surface area contributed by atoms with E-state index in [0.29, 0.717) is 0 Å². The molecule has 0 bridgehead atoms. The molecule has 14 heteroatoms. The second-order valence-electron chi connectivity index (χ2n) is 9.19. The molecule has 5 aromatic rings. The van der Waals surface area contributed by atoms with Crippen LogP contribution in [0.2, 0.25) is 0 Å². The van der Waals surface area contributed by atoms with Crippen LogP contribution in [0.1, 0.15) is 0 Å². The van der Waals surface area contributed by atoms with Crippen molar-refractivity contribution in [3.05, 3.63) is 115 Å². The van der Waals surface area contributed by atoms with Crippen LogP contribution in [0.5, 0.6) is 0 Å². The van der Waals surface area contributed by atoms with E-state index in [4.69, 9.17) is 0 Å². The van der Waals surface area contributed by atoms with Crippen LogP contribution in [-0.2, 0) is 21.0 Å².